The van der Waals surface area contributed by atoms with Crippen LogP contribution in [0.4, 0.5) is 0 Å². The van der Waals surface area contributed by atoms with Crippen LogP contribution in [-0.2, 0) is 13.0 Å². The first-order chi connectivity index (χ1) is 10.1. The fourth-order valence-electron chi connectivity index (χ4n) is 2.78. The maximum absolute atomic E-state index is 6.18. The summed E-state index contributed by atoms with van der Waals surface area (Å²) in [5, 5.41) is 1.26. The predicted molar refractivity (Wildman–Crippen MR) is 87.1 cm³/mol. The van der Waals surface area contributed by atoms with Crippen molar-refractivity contribution in [1.29, 1.82) is 0 Å². The third-order valence-electron chi connectivity index (χ3n) is 3.91. The summed E-state index contributed by atoms with van der Waals surface area (Å²) in [6.45, 7) is 0.432. The Morgan fingerprint density at radius 2 is 2.05 bits per heavy atom. The van der Waals surface area contributed by atoms with Crippen LogP contribution < -0.4 is 10.5 Å². The van der Waals surface area contributed by atoms with Crippen LogP contribution in [0.2, 0.25) is 10.0 Å². The summed E-state index contributed by atoms with van der Waals surface area (Å²) in [4.78, 5) is 0. The minimum atomic E-state index is 0.122. The molecular weight excluding hydrogens is 305 g/mol. The van der Waals surface area contributed by atoms with Gasteiger partial charge in [0.15, 0.2) is 0 Å². The van der Waals surface area contributed by atoms with Crippen molar-refractivity contribution in [3.05, 3.63) is 63.1 Å². The number of benzene rings is 2. The van der Waals surface area contributed by atoms with E-state index in [-0.39, 0.29) is 6.04 Å². The first-order valence-electron chi connectivity index (χ1n) is 7.09. The van der Waals surface area contributed by atoms with Gasteiger partial charge in [0.05, 0.1) is 0 Å². The number of fused-ring (bicyclic) bond motifs is 1. The van der Waals surface area contributed by atoms with Crippen molar-refractivity contribution in [3.63, 3.8) is 0 Å². The largest absolute Gasteiger partial charge is 0.489 e. The molecule has 0 saturated carbocycles. The van der Waals surface area contributed by atoms with Crippen molar-refractivity contribution in [1.82, 2.24) is 0 Å². The summed E-state index contributed by atoms with van der Waals surface area (Å²) >= 11 is 12.1. The standard InChI is InChI=1S/C17H17Cl2NO/c18-12-8-7-11(15(19)9-12)10-21-17-6-2-3-13-14(17)4-1-5-16(13)20/h2-3,6-9,16H,1,4-5,10,20H2. The molecule has 4 heteroatoms. The van der Waals surface area contributed by atoms with Gasteiger partial charge in [0.1, 0.15) is 12.4 Å². The Balaban J connectivity index is 1.81. The number of rotatable bonds is 3. The summed E-state index contributed by atoms with van der Waals surface area (Å²) in [5.41, 5.74) is 9.55. The number of halogens is 2. The van der Waals surface area contributed by atoms with E-state index in [9.17, 15) is 0 Å². The Morgan fingerprint density at radius 3 is 2.86 bits per heavy atom. The molecule has 0 aromatic heterocycles. The average Bonchev–Trinajstić information content (AvgIpc) is 2.47. The lowest BCUT2D eigenvalue weighted by molar-refractivity contribution is 0.300. The van der Waals surface area contributed by atoms with E-state index in [0.29, 0.717) is 16.7 Å². The summed E-state index contributed by atoms with van der Waals surface area (Å²) in [5.74, 6) is 0.911. The molecule has 0 fully saturated rings. The lowest BCUT2D eigenvalue weighted by Gasteiger charge is -2.24. The molecule has 0 saturated heterocycles. The maximum atomic E-state index is 6.18. The van der Waals surface area contributed by atoms with Crippen molar-refractivity contribution in [3.8, 4) is 5.75 Å². The zero-order valence-electron chi connectivity index (χ0n) is 11.6. The lowest BCUT2D eigenvalue weighted by atomic mass is 9.87. The van der Waals surface area contributed by atoms with Crippen LogP contribution in [0.1, 0.15) is 35.6 Å². The number of hydrogen-bond donors (Lipinski definition) is 1. The quantitative estimate of drug-likeness (QED) is 0.871. The van der Waals surface area contributed by atoms with E-state index in [1.807, 2.05) is 24.3 Å². The second-order valence-corrected chi connectivity index (χ2v) is 6.19. The van der Waals surface area contributed by atoms with Crippen molar-refractivity contribution in [2.75, 3.05) is 0 Å². The highest BCUT2D eigenvalue weighted by Crippen LogP contribution is 2.34. The molecule has 0 bridgehead atoms. The first-order valence-corrected chi connectivity index (χ1v) is 7.85. The van der Waals surface area contributed by atoms with Crippen LogP contribution in [0, 0.1) is 0 Å². The normalized spacial score (nSPS) is 17.4. The van der Waals surface area contributed by atoms with Gasteiger partial charge in [-0.3, -0.25) is 0 Å². The van der Waals surface area contributed by atoms with Gasteiger partial charge in [-0.15, -0.1) is 0 Å². The van der Waals surface area contributed by atoms with Crippen molar-refractivity contribution < 1.29 is 4.74 Å². The zero-order chi connectivity index (χ0) is 14.8. The topological polar surface area (TPSA) is 35.2 Å². The van der Waals surface area contributed by atoms with Crippen LogP contribution in [0.3, 0.4) is 0 Å². The van der Waals surface area contributed by atoms with Gasteiger partial charge < -0.3 is 10.5 Å². The van der Waals surface area contributed by atoms with Crippen molar-refractivity contribution >= 4 is 23.2 Å². The Kier molecular flexibility index (Phi) is 4.39. The average molecular weight is 322 g/mol. The molecule has 2 aromatic rings. The van der Waals surface area contributed by atoms with Crippen molar-refractivity contribution in [2.24, 2.45) is 5.73 Å². The molecule has 110 valence electrons. The third kappa shape index (κ3) is 3.18. The smallest absolute Gasteiger partial charge is 0.123 e. The molecule has 0 heterocycles. The monoisotopic (exact) mass is 321 g/mol. The second kappa shape index (κ2) is 6.27. The van der Waals surface area contributed by atoms with Gasteiger partial charge in [-0.25, -0.2) is 0 Å². The molecule has 0 spiro atoms. The molecule has 2 aromatic carbocycles. The molecule has 1 aliphatic carbocycles. The third-order valence-corrected chi connectivity index (χ3v) is 4.50. The molecule has 1 unspecified atom stereocenters. The molecule has 21 heavy (non-hydrogen) atoms. The lowest BCUT2D eigenvalue weighted by Crippen LogP contribution is -2.18. The van der Waals surface area contributed by atoms with Crippen LogP contribution in [0.5, 0.6) is 5.75 Å². The van der Waals surface area contributed by atoms with Gasteiger partial charge in [0.25, 0.3) is 0 Å². The van der Waals surface area contributed by atoms with Crippen LogP contribution in [0.15, 0.2) is 36.4 Å². The Bertz CT molecular complexity index is 657. The van der Waals surface area contributed by atoms with Crippen LogP contribution in [-0.4, -0.2) is 0 Å². The molecule has 0 radical (unpaired) electrons. The maximum Gasteiger partial charge on any atom is 0.123 e. The van der Waals surface area contributed by atoms with E-state index in [4.69, 9.17) is 33.7 Å². The molecular formula is C17H17Cl2NO. The Labute approximate surface area is 134 Å². The number of ether oxygens (including phenoxy) is 1. The van der Waals surface area contributed by atoms with E-state index in [2.05, 4.69) is 6.07 Å². The highest BCUT2D eigenvalue weighted by Gasteiger charge is 2.19. The molecule has 0 aliphatic heterocycles. The van der Waals surface area contributed by atoms with Gasteiger partial charge in [-0.1, -0.05) is 41.4 Å². The van der Waals surface area contributed by atoms with E-state index in [1.54, 1.807) is 6.07 Å². The first kappa shape index (κ1) is 14.7. The minimum absolute atomic E-state index is 0.122. The highest BCUT2D eigenvalue weighted by molar-refractivity contribution is 6.35. The van der Waals surface area contributed by atoms with Crippen molar-refractivity contribution in [2.45, 2.75) is 31.9 Å². The molecule has 0 amide bonds. The fraction of sp³-hybridized carbons (Fsp3) is 0.294. The van der Waals surface area contributed by atoms with E-state index < -0.39 is 0 Å². The van der Waals surface area contributed by atoms with E-state index in [0.717, 1.165) is 30.6 Å². The summed E-state index contributed by atoms with van der Waals surface area (Å²) < 4.78 is 5.98. The van der Waals surface area contributed by atoms with Crippen LogP contribution in [0.25, 0.3) is 0 Å². The molecule has 2 N–H and O–H groups in total. The van der Waals surface area contributed by atoms with Gasteiger partial charge in [-0.2, -0.15) is 0 Å². The predicted octanol–water partition coefficient (Wildman–Crippen LogP) is 4.91. The zero-order valence-corrected chi connectivity index (χ0v) is 13.1. The van der Waals surface area contributed by atoms with E-state index in [1.165, 1.54) is 11.1 Å². The molecule has 1 atom stereocenters. The van der Waals surface area contributed by atoms with Gasteiger partial charge in [-0.05, 0) is 48.6 Å². The van der Waals surface area contributed by atoms with Gasteiger partial charge in [0.2, 0.25) is 0 Å². The molecule has 2 nitrogen and oxygen atoms in total. The fourth-order valence-corrected chi connectivity index (χ4v) is 3.24. The number of hydrogen-bond acceptors (Lipinski definition) is 2. The molecule has 1 aliphatic rings. The number of nitrogens with two attached hydrogens (primary N) is 1. The summed E-state index contributed by atoms with van der Waals surface area (Å²) in [6.07, 6.45) is 3.17. The van der Waals surface area contributed by atoms with Gasteiger partial charge >= 0.3 is 0 Å². The molecule has 3 rings (SSSR count). The highest BCUT2D eigenvalue weighted by atomic mass is 35.5. The Morgan fingerprint density at radius 1 is 1.19 bits per heavy atom. The van der Waals surface area contributed by atoms with Crippen LogP contribution >= 0.6 is 23.2 Å². The van der Waals surface area contributed by atoms with E-state index >= 15 is 0 Å². The van der Waals surface area contributed by atoms with Gasteiger partial charge in [0, 0.05) is 21.7 Å². The second-order valence-electron chi connectivity index (χ2n) is 5.35. The summed E-state index contributed by atoms with van der Waals surface area (Å²) in [7, 11) is 0. The Hall–Kier alpha value is -1.22. The minimum Gasteiger partial charge on any atom is -0.489 e. The SMILES string of the molecule is NC1CCCc2c(OCc3ccc(Cl)cc3Cl)cccc21. The summed E-state index contributed by atoms with van der Waals surface area (Å²) in [6, 6.07) is 11.7.